The molecule has 0 saturated carbocycles. The highest BCUT2D eigenvalue weighted by atomic mass is 19.2. The fraction of sp³-hybridized carbons (Fsp3) is 0.480. The van der Waals surface area contributed by atoms with Crippen molar-refractivity contribution in [2.24, 2.45) is 56.2 Å². The normalized spacial score (nSPS) is 21.0. The van der Waals surface area contributed by atoms with Crippen molar-refractivity contribution in [1.82, 2.24) is 36.9 Å². The number of carbonyl (C=O) groups excluding carboxylic acids is 10. The molecular weight excluding hydrogens is 1010 g/mol. The zero-order chi connectivity index (χ0) is 56.8. The molecule has 418 valence electrons. The lowest BCUT2D eigenvalue weighted by molar-refractivity contribution is -0.136. The molecule has 27 heteroatoms. The van der Waals surface area contributed by atoms with Crippen molar-refractivity contribution < 1.29 is 56.7 Å². The highest BCUT2D eigenvalue weighted by molar-refractivity contribution is 5.99. The number of nitrogens with two attached hydrogens (primary N) is 6. The van der Waals surface area contributed by atoms with Crippen LogP contribution in [0, 0.1) is 23.5 Å². The van der Waals surface area contributed by atoms with Gasteiger partial charge in [-0.15, -0.1) is 0 Å². The van der Waals surface area contributed by atoms with Crippen molar-refractivity contribution in [2.45, 2.75) is 121 Å². The first kappa shape index (κ1) is 61.0. The molecule has 7 atom stereocenters. The molecule has 77 heavy (non-hydrogen) atoms. The van der Waals surface area contributed by atoms with Crippen LogP contribution in [0.5, 0.6) is 0 Å². The van der Waals surface area contributed by atoms with E-state index in [0.29, 0.717) is 5.56 Å². The Morgan fingerprint density at radius 1 is 0.753 bits per heavy atom. The fourth-order valence-corrected chi connectivity index (χ4v) is 8.68. The molecule has 0 bridgehead atoms. The van der Waals surface area contributed by atoms with E-state index >= 15 is 0 Å². The quantitative estimate of drug-likeness (QED) is 0.0372. The molecule has 1 aromatic heterocycles. The second-order valence-corrected chi connectivity index (χ2v) is 18.8. The van der Waals surface area contributed by atoms with Crippen LogP contribution in [0.2, 0.25) is 0 Å². The Labute approximate surface area is 442 Å². The molecule has 1 aliphatic heterocycles. The number of H-pyrrole nitrogens is 1. The van der Waals surface area contributed by atoms with Crippen LogP contribution in [-0.4, -0.2) is 126 Å². The number of hydrogen-bond acceptors (Lipinski definition) is 12. The number of guanidine groups is 2. The summed E-state index contributed by atoms with van der Waals surface area (Å²) in [7, 11) is 0. The van der Waals surface area contributed by atoms with Gasteiger partial charge in [0.1, 0.15) is 30.0 Å². The van der Waals surface area contributed by atoms with Gasteiger partial charge in [-0.1, -0.05) is 24.3 Å². The van der Waals surface area contributed by atoms with Gasteiger partial charge in [0.2, 0.25) is 47.3 Å². The molecule has 3 aromatic rings. The number of nitrogens with zero attached hydrogens (tertiary/aromatic N) is 2. The van der Waals surface area contributed by atoms with Gasteiger partial charge in [-0.3, -0.25) is 57.9 Å². The summed E-state index contributed by atoms with van der Waals surface area (Å²) in [6.07, 6.45) is -1.52. The van der Waals surface area contributed by atoms with Gasteiger partial charge in [0.05, 0.1) is 12.5 Å². The number of primary amides is 2. The number of nitrogens with one attached hydrogen (secondary N) is 7. The van der Waals surface area contributed by atoms with Gasteiger partial charge in [-0.25, -0.2) is 8.78 Å². The maximum absolute atomic E-state index is 14.7. The largest absolute Gasteiger partial charge is 0.370 e. The highest BCUT2D eigenvalue weighted by Crippen LogP contribution is 2.26. The monoisotopic (exact) mass is 1080 g/mol. The summed E-state index contributed by atoms with van der Waals surface area (Å²) in [5.74, 6) is -14.0. The summed E-state index contributed by atoms with van der Waals surface area (Å²) in [5.41, 5.74) is 34.6. The van der Waals surface area contributed by atoms with Gasteiger partial charge in [0.25, 0.3) is 0 Å². The van der Waals surface area contributed by atoms with E-state index in [2.05, 4.69) is 46.9 Å². The average Bonchev–Trinajstić information content (AvgIpc) is 3.77. The zero-order valence-corrected chi connectivity index (χ0v) is 42.7. The minimum absolute atomic E-state index is 0.00567. The molecule has 0 spiro atoms. The first-order valence-corrected chi connectivity index (χ1v) is 25.0. The number of fused-ring (bicyclic) bond motifs is 1. The molecule has 4 rings (SSSR count). The van der Waals surface area contributed by atoms with E-state index in [1.165, 1.54) is 0 Å². The first-order valence-electron chi connectivity index (χ1n) is 25.0. The average molecular weight is 1080 g/mol. The minimum Gasteiger partial charge on any atom is -0.370 e. The van der Waals surface area contributed by atoms with Crippen molar-refractivity contribution in [3.8, 4) is 0 Å². The lowest BCUT2D eigenvalue weighted by atomic mass is 9.83. The van der Waals surface area contributed by atoms with E-state index in [1.807, 2.05) is 0 Å². The molecule has 2 aromatic carbocycles. The lowest BCUT2D eigenvalue weighted by Gasteiger charge is -2.27. The molecule has 19 N–H and O–H groups in total. The van der Waals surface area contributed by atoms with Crippen molar-refractivity contribution in [3.05, 3.63) is 71.4 Å². The third-order valence-electron chi connectivity index (χ3n) is 12.6. The number of Topliss-reactive ketones (excluding diaryl/α,β-unsaturated/α-hetero) is 2. The van der Waals surface area contributed by atoms with E-state index in [4.69, 9.17) is 34.4 Å². The van der Waals surface area contributed by atoms with Crippen molar-refractivity contribution >= 4 is 81.6 Å². The lowest BCUT2D eigenvalue weighted by Crippen LogP contribution is -2.58. The summed E-state index contributed by atoms with van der Waals surface area (Å²) < 4.78 is 28.8. The SMILES string of the molecule is CC(=O)N[C@@H](CCCN=C(N)N)C(=O)N[C@H]1CCCNC(=O)CC[C@@H](C(N)=O)NC(=O)[C@H](Cc2c[nH]c3ccccc23)CC(=O)[C@H](CCCN=C(N)N)CC(=O)[C@@H](Cc2ccc(F)c(F)c2)NC(=O)[C@H](CC(N)=O)NC1=O. The predicted molar refractivity (Wildman–Crippen MR) is 278 cm³/mol. The predicted octanol–water partition coefficient (Wildman–Crippen LogP) is -2.02. The fourth-order valence-electron chi connectivity index (χ4n) is 8.68. The molecule has 25 nitrogen and oxygen atoms in total. The first-order chi connectivity index (χ1) is 36.5. The Morgan fingerprint density at radius 2 is 1.43 bits per heavy atom. The third kappa shape index (κ3) is 20.6. The number of hydrogen-bond donors (Lipinski definition) is 13. The Hall–Kier alpha value is -8.52. The molecule has 0 radical (unpaired) electrons. The molecule has 0 aliphatic carbocycles. The van der Waals surface area contributed by atoms with Gasteiger partial charge in [0.15, 0.2) is 29.3 Å². The summed E-state index contributed by atoms with van der Waals surface area (Å²) in [4.78, 5) is 148. The van der Waals surface area contributed by atoms with Crippen LogP contribution in [0.4, 0.5) is 8.78 Å². The maximum atomic E-state index is 14.7. The minimum atomic E-state index is -1.84. The van der Waals surface area contributed by atoms with Crippen molar-refractivity contribution in [3.63, 3.8) is 0 Å². The highest BCUT2D eigenvalue weighted by Gasteiger charge is 2.36. The Morgan fingerprint density at radius 3 is 2.09 bits per heavy atom. The number of rotatable bonds is 18. The second kappa shape index (κ2) is 30.1. The van der Waals surface area contributed by atoms with Crippen LogP contribution in [0.25, 0.3) is 10.9 Å². The molecule has 2 heterocycles. The Bertz CT molecular complexity index is 2690. The number of amides is 8. The van der Waals surface area contributed by atoms with Crippen LogP contribution in [0.3, 0.4) is 0 Å². The number of benzene rings is 2. The van der Waals surface area contributed by atoms with E-state index in [9.17, 15) is 56.7 Å². The third-order valence-corrected chi connectivity index (χ3v) is 12.6. The van der Waals surface area contributed by atoms with E-state index < -0.39 is 138 Å². The standard InChI is InChI=1S/C50H69F2N15O10/c1-26(68)63-36(10-6-18-61-50(57)58)46(75)65-37-11-5-16-59-43(72)15-14-35(44(54)73)64-45(74)29(21-30-25-62-34-9-3-2-8-31(30)34)23-40(69)28(7-4-17-60-49(55)56)22-41(70)38(20-27-12-13-32(51)33(52)19-27)66-48(77)39(24-42(53)71)67-47(37)76/h2-3,8-9,12-13,19,25,28-29,35-39,62H,4-7,10-11,14-18,20-24H2,1H3,(H2,53,71)(H2,54,73)(H,59,72)(H,63,68)(H,64,74)(H,65,75)(H,66,77)(H,67,76)(H4,55,56,60)(H4,57,58,61)/t28-,29-,35+,36+,37+,38-,39+/m1/s1. The van der Waals surface area contributed by atoms with Gasteiger partial charge in [-0.05, 0) is 87.1 Å². The van der Waals surface area contributed by atoms with Gasteiger partial charge in [0, 0.05) is 74.8 Å². The number of aliphatic imine (C=N–C) groups is 2. The maximum Gasteiger partial charge on any atom is 0.243 e. The van der Waals surface area contributed by atoms with Gasteiger partial charge >= 0.3 is 0 Å². The van der Waals surface area contributed by atoms with E-state index in [-0.39, 0.29) is 94.9 Å². The molecular formula is C50H69F2N15O10. The van der Waals surface area contributed by atoms with Gasteiger partial charge < -0.3 is 71.3 Å². The molecule has 1 fully saturated rings. The van der Waals surface area contributed by atoms with Crippen LogP contribution < -0.4 is 66.3 Å². The van der Waals surface area contributed by atoms with Crippen LogP contribution in [-0.2, 0) is 60.8 Å². The van der Waals surface area contributed by atoms with Crippen LogP contribution in [0.15, 0.2) is 58.6 Å². The summed E-state index contributed by atoms with van der Waals surface area (Å²) in [5, 5.41) is 15.9. The number of halogens is 2. The van der Waals surface area contributed by atoms with Gasteiger partial charge in [-0.2, -0.15) is 0 Å². The summed E-state index contributed by atoms with van der Waals surface area (Å²) >= 11 is 0. The molecule has 1 aliphatic rings. The number of aromatic nitrogens is 1. The summed E-state index contributed by atoms with van der Waals surface area (Å²) in [6, 6.07) is 2.25. The zero-order valence-electron chi connectivity index (χ0n) is 42.7. The second-order valence-electron chi connectivity index (χ2n) is 18.8. The summed E-state index contributed by atoms with van der Waals surface area (Å²) in [6.45, 7) is 1.12. The Kier molecular flexibility index (Phi) is 23.9. The molecule has 1 saturated heterocycles. The van der Waals surface area contributed by atoms with E-state index in [1.54, 1.807) is 30.5 Å². The van der Waals surface area contributed by atoms with Crippen molar-refractivity contribution in [1.29, 1.82) is 0 Å². The van der Waals surface area contributed by atoms with Crippen molar-refractivity contribution in [2.75, 3.05) is 19.6 Å². The number of aromatic amines is 1. The smallest absolute Gasteiger partial charge is 0.243 e. The Balaban J connectivity index is 1.80. The molecule has 8 amide bonds. The number of carbonyl (C=O) groups is 10. The van der Waals surface area contributed by atoms with E-state index in [0.717, 1.165) is 36.0 Å². The van der Waals surface area contributed by atoms with Crippen LogP contribution in [0.1, 0.15) is 88.7 Å². The number of para-hydroxylation sites is 1. The molecule has 0 unspecified atom stereocenters. The number of ketones is 2. The topological polar surface area (TPSA) is 440 Å². The van der Waals surface area contributed by atoms with Crippen LogP contribution >= 0.6 is 0 Å².